The van der Waals surface area contributed by atoms with Crippen LogP contribution in [0.2, 0.25) is 0 Å². The lowest BCUT2D eigenvalue weighted by Gasteiger charge is -2.07. The summed E-state index contributed by atoms with van der Waals surface area (Å²) in [4.78, 5) is 4.32. The van der Waals surface area contributed by atoms with Crippen LogP contribution in [0.5, 0.6) is 17.2 Å². The van der Waals surface area contributed by atoms with Gasteiger partial charge in [-0.15, -0.1) is 0 Å². The van der Waals surface area contributed by atoms with Crippen LogP contribution >= 0.6 is 0 Å². The van der Waals surface area contributed by atoms with Gasteiger partial charge < -0.3 is 18.7 Å². The van der Waals surface area contributed by atoms with Crippen LogP contribution in [0.3, 0.4) is 0 Å². The Hall–Kier alpha value is -3.11. The number of sulfonamides is 1. The van der Waals surface area contributed by atoms with E-state index in [1.165, 1.54) is 26.4 Å². The molecule has 0 aliphatic carbocycles. The number of hydrogen-bond acceptors (Lipinski definition) is 8. The standard InChI is InChI=1S/C18H19N3O6S/c1-24-12-4-7-14(8-5-12)28(22,23)19-11-17-20-18(21-27-17)15-9-6-13(25-2)10-16(15)26-3/h4-10,19H,11H2,1-3H3. The molecule has 1 N–H and O–H groups in total. The Morgan fingerprint density at radius 2 is 1.64 bits per heavy atom. The van der Waals surface area contributed by atoms with E-state index in [9.17, 15) is 8.42 Å². The zero-order valence-electron chi connectivity index (χ0n) is 15.5. The largest absolute Gasteiger partial charge is 0.497 e. The number of methoxy groups -OCH3 is 3. The number of ether oxygens (including phenoxy) is 3. The second-order valence-corrected chi connectivity index (χ2v) is 7.34. The molecule has 0 saturated heterocycles. The van der Waals surface area contributed by atoms with Crippen molar-refractivity contribution in [2.75, 3.05) is 21.3 Å². The van der Waals surface area contributed by atoms with E-state index in [2.05, 4.69) is 14.9 Å². The summed E-state index contributed by atoms with van der Waals surface area (Å²) in [6, 6.07) is 11.2. The van der Waals surface area contributed by atoms with Gasteiger partial charge in [-0.05, 0) is 36.4 Å². The van der Waals surface area contributed by atoms with E-state index in [4.69, 9.17) is 18.7 Å². The van der Waals surface area contributed by atoms with E-state index < -0.39 is 10.0 Å². The Kier molecular flexibility index (Phi) is 5.81. The molecule has 0 atom stereocenters. The quantitative estimate of drug-likeness (QED) is 0.607. The molecule has 2 aromatic carbocycles. The van der Waals surface area contributed by atoms with Gasteiger partial charge in [0.25, 0.3) is 0 Å². The zero-order chi connectivity index (χ0) is 20.1. The highest BCUT2D eigenvalue weighted by atomic mass is 32.2. The molecule has 3 aromatic rings. The maximum absolute atomic E-state index is 12.4. The Morgan fingerprint density at radius 1 is 0.964 bits per heavy atom. The lowest BCUT2D eigenvalue weighted by atomic mass is 10.2. The fraction of sp³-hybridized carbons (Fsp3) is 0.222. The Labute approximate surface area is 162 Å². The molecule has 28 heavy (non-hydrogen) atoms. The highest BCUT2D eigenvalue weighted by Gasteiger charge is 2.18. The maximum atomic E-state index is 12.4. The van der Waals surface area contributed by atoms with E-state index in [0.29, 0.717) is 22.8 Å². The topological polar surface area (TPSA) is 113 Å². The third kappa shape index (κ3) is 4.24. The first kappa shape index (κ1) is 19.6. The normalized spacial score (nSPS) is 11.2. The minimum Gasteiger partial charge on any atom is -0.497 e. The summed E-state index contributed by atoms with van der Waals surface area (Å²) in [6.07, 6.45) is 0. The van der Waals surface area contributed by atoms with Gasteiger partial charge in [0.05, 0.1) is 38.3 Å². The Morgan fingerprint density at radius 3 is 2.29 bits per heavy atom. The van der Waals surface area contributed by atoms with Gasteiger partial charge in [-0.1, -0.05) is 5.16 Å². The molecule has 3 rings (SSSR count). The van der Waals surface area contributed by atoms with Crippen LogP contribution in [0.15, 0.2) is 51.9 Å². The van der Waals surface area contributed by atoms with Crippen molar-refractivity contribution < 1.29 is 27.2 Å². The molecule has 0 saturated carbocycles. The van der Waals surface area contributed by atoms with Gasteiger partial charge in [-0.2, -0.15) is 4.98 Å². The summed E-state index contributed by atoms with van der Waals surface area (Å²) in [5, 5.41) is 3.89. The predicted octanol–water partition coefficient (Wildman–Crippen LogP) is 2.24. The third-order valence-corrected chi connectivity index (χ3v) is 5.32. The fourth-order valence-electron chi connectivity index (χ4n) is 2.41. The molecule has 10 heteroatoms. The molecular formula is C18H19N3O6S. The Balaban J connectivity index is 1.74. The Bertz CT molecular complexity index is 1050. The summed E-state index contributed by atoms with van der Waals surface area (Å²) in [5.74, 6) is 2.08. The second-order valence-electron chi connectivity index (χ2n) is 5.58. The van der Waals surface area contributed by atoms with Crippen LogP contribution in [-0.4, -0.2) is 39.9 Å². The maximum Gasteiger partial charge on any atom is 0.242 e. The molecule has 0 radical (unpaired) electrons. The van der Waals surface area contributed by atoms with Crippen molar-refractivity contribution in [2.45, 2.75) is 11.4 Å². The van der Waals surface area contributed by atoms with Crippen molar-refractivity contribution in [1.29, 1.82) is 0 Å². The molecule has 0 fully saturated rings. The molecule has 0 amide bonds. The first-order chi connectivity index (χ1) is 13.5. The lowest BCUT2D eigenvalue weighted by molar-refractivity contribution is 0.374. The molecule has 0 bridgehead atoms. The van der Waals surface area contributed by atoms with Crippen LogP contribution in [0.1, 0.15) is 5.89 Å². The minimum atomic E-state index is -3.74. The van der Waals surface area contributed by atoms with Gasteiger partial charge >= 0.3 is 0 Å². The molecule has 1 heterocycles. The van der Waals surface area contributed by atoms with Gasteiger partial charge in [-0.3, -0.25) is 0 Å². The van der Waals surface area contributed by atoms with E-state index in [1.54, 1.807) is 37.4 Å². The predicted molar refractivity (Wildman–Crippen MR) is 99.9 cm³/mol. The van der Waals surface area contributed by atoms with Gasteiger partial charge in [0.2, 0.25) is 21.7 Å². The van der Waals surface area contributed by atoms with Crippen LogP contribution in [0, 0.1) is 0 Å². The number of benzene rings is 2. The molecule has 0 spiro atoms. The smallest absolute Gasteiger partial charge is 0.242 e. The van der Waals surface area contributed by atoms with Gasteiger partial charge in [0.1, 0.15) is 17.2 Å². The molecule has 0 aliphatic heterocycles. The number of aromatic nitrogens is 2. The number of hydrogen-bond donors (Lipinski definition) is 1. The number of rotatable bonds is 8. The van der Waals surface area contributed by atoms with E-state index in [1.807, 2.05) is 0 Å². The van der Waals surface area contributed by atoms with Crippen LogP contribution < -0.4 is 18.9 Å². The van der Waals surface area contributed by atoms with Crippen molar-refractivity contribution in [1.82, 2.24) is 14.9 Å². The van der Waals surface area contributed by atoms with Crippen molar-refractivity contribution in [3.63, 3.8) is 0 Å². The van der Waals surface area contributed by atoms with Crippen molar-refractivity contribution in [2.24, 2.45) is 0 Å². The van der Waals surface area contributed by atoms with Crippen molar-refractivity contribution >= 4 is 10.0 Å². The van der Waals surface area contributed by atoms with Crippen LogP contribution in [0.4, 0.5) is 0 Å². The zero-order valence-corrected chi connectivity index (χ0v) is 16.3. The highest BCUT2D eigenvalue weighted by molar-refractivity contribution is 7.89. The average molecular weight is 405 g/mol. The van der Waals surface area contributed by atoms with Gasteiger partial charge in [-0.25, -0.2) is 13.1 Å². The molecule has 0 unspecified atom stereocenters. The van der Waals surface area contributed by atoms with E-state index in [-0.39, 0.29) is 23.2 Å². The third-order valence-electron chi connectivity index (χ3n) is 3.90. The highest BCUT2D eigenvalue weighted by Crippen LogP contribution is 2.31. The first-order valence-corrected chi connectivity index (χ1v) is 9.64. The van der Waals surface area contributed by atoms with E-state index >= 15 is 0 Å². The van der Waals surface area contributed by atoms with E-state index in [0.717, 1.165) is 0 Å². The molecule has 148 valence electrons. The molecule has 9 nitrogen and oxygen atoms in total. The van der Waals surface area contributed by atoms with Crippen LogP contribution in [0.25, 0.3) is 11.4 Å². The monoisotopic (exact) mass is 405 g/mol. The summed E-state index contributed by atoms with van der Waals surface area (Å²) in [5.41, 5.74) is 0.594. The molecule has 0 aliphatic rings. The second kappa shape index (κ2) is 8.28. The summed E-state index contributed by atoms with van der Waals surface area (Å²) >= 11 is 0. The summed E-state index contributed by atoms with van der Waals surface area (Å²) in [7, 11) is 0.839. The molecular weight excluding hydrogens is 386 g/mol. The van der Waals surface area contributed by atoms with Crippen molar-refractivity contribution in [3.8, 4) is 28.6 Å². The number of nitrogens with one attached hydrogen (secondary N) is 1. The van der Waals surface area contributed by atoms with Crippen molar-refractivity contribution in [3.05, 3.63) is 48.4 Å². The average Bonchev–Trinajstić information content (AvgIpc) is 3.20. The lowest BCUT2D eigenvalue weighted by Crippen LogP contribution is -2.23. The number of nitrogens with zero attached hydrogens (tertiary/aromatic N) is 2. The van der Waals surface area contributed by atoms with Crippen LogP contribution in [-0.2, 0) is 16.6 Å². The first-order valence-electron chi connectivity index (χ1n) is 8.15. The molecule has 1 aromatic heterocycles. The summed E-state index contributed by atoms with van der Waals surface area (Å²) in [6.45, 7) is -0.153. The van der Waals surface area contributed by atoms with Gasteiger partial charge in [0, 0.05) is 6.07 Å². The van der Waals surface area contributed by atoms with Gasteiger partial charge in [0.15, 0.2) is 0 Å². The minimum absolute atomic E-state index is 0.102. The SMILES string of the molecule is COc1ccc(S(=O)(=O)NCc2nc(-c3ccc(OC)cc3OC)no2)cc1. The summed E-state index contributed by atoms with van der Waals surface area (Å²) < 4.78 is 47.8. The fourth-order valence-corrected chi connectivity index (χ4v) is 3.39.